The molecule has 0 aromatic heterocycles. The SMILES string of the molecule is C[C@@H](NC(=O)/C(C#N)=C\c1ccc(OCc2ccc(Cl)cc2Cl)c(I)c1)c1ccccc1. The van der Waals surface area contributed by atoms with Crippen molar-refractivity contribution < 1.29 is 9.53 Å². The van der Waals surface area contributed by atoms with Gasteiger partial charge in [-0.25, -0.2) is 0 Å². The van der Waals surface area contributed by atoms with Crippen LogP contribution in [-0.4, -0.2) is 5.91 Å². The Morgan fingerprint density at radius 2 is 1.91 bits per heavy atom. The molecule has 0 aliphatic rings. The zero-order valence-corrected chi connectivity index (χ0v) is 20.8. The van der Waals surface area contributed by atoms with Gasteiger partial charge in [0, 0.05) is 15.6 Å². The van der Waals surface area contributed by atoms with Crippen LogP contribution in [0, 0.1) is 14.9 Å². The summed E-state index contributed by atoms with van der Waals surface area (Å²) in [6, 6.07) is 22.1. The fraction of sp³-hybridized carbons (Fsp3) is 0.120. The van der Waals surface area contributed by atoms with Gasteiger partial charge in [-0.15, -0.1) is 0 Å². The van der Waals surface area contributed by atoms with E-state index in [1.54, 1.807) is 30.3 Å². The number of hydrogen-bond donors (Lipinski definition) is 1. The molecule has 1 N–H and O–H groups in total. The van der Waals surface area contributed by atoms with Crippen molar-refractivity contribution >= 4 is 57.8 Å². The Hall–Kier alpha value is -2.53. The molecule has 0 fully saturated rings. The number of benzene rings is 3. The van der Waals surface area contributed by atoms with Gasteiger partial charge in [-0.3, -0.25) is 4.79 Å². The molecular weight excluding hydrogens is 558 g/mol. The van der Waals surface area contributed by atoms with Crippen molar-refractivity contribution in [2.24, 2.45) is 0 Å². The van der Waals surface area contributed by atoms with Crippen LogP contribution in [0.3, 0.4) is 0 Å². The summed E-state index contributed by atoms with van der Waals surface area (Å²) >= 11 is 14.3. The molecule has 1 amide bonds. The Morgan fingerprint density at radius 1 is 1.16 bits per heavy atom. The normalized spacial score (nSPS) is 12.0. The molecule has 0 aliphatic heterocycles. The van der Waals surface area contributed by atoms with Crippen LogP contribution in [0.2, 0.25) is 10.0 Å². The van der Waals surface area contributed by atoms with E-state index in [9.17, 15) is 10.1 Å². The lowest BCUT2D eigenvalue weighted by molar-refractivity contribution is -0.117. The summed E-state index contributed by atoms with van der Waals surface area (Å²) in [4.78, 5) is 12.6. The Labute approximate surface area is 210 Å². The summed E-state index contributed by atoms with van der Waals surface area (Å²) in [7, 11) is 0. The predicted molar refractivity (Wildman–Crippen MR) is 137 cm³/mol. The topological polar surface area (TPSA) is 62.1 Å². The largest absolute Gasteiger partial charge is 0.488 e. The zero-order valence-electron chi connectivity index (χ0n) is 17.1. The Kier molecular flexibility index (Phi) is 8.57. The maximum Gasteiger partial charge on any atom is 0.262 e. The third kappa shape index (κ3) is 6.49. The monoisotopic (exact) mass is 576 g/mol. The van der Waals surface area contributed by atoms with Crippen LogP contribution in [0.15, 0.2) is 72.3 Å². The number of carbonyl (C=O) groups is 1. The second-order valence-electron chi connectivity index (χ2n) is 6.99. The number of amides is 1. The zero-order chi connectivity index (χ0) is 23.1. The highest BCUT2D eigenvalue weighted by Gasteiger charge is 2.14. The van der Waals surface area contributed by atoms with E-state index < -0.39 is 5.91 Å². The molecule has 0 spiro atoms. The molecule has 32 heavy (non-hydrogen) atoms. The summed E-state index contributed by atoms with van der Waals surface area (Å²) in [5, 5.41) is 13.5. The second kappa shape index (κ2) is 11.4. The first-order valence-electron chi connectivity index (χ1n) is 9.71. The number of carbonyl (C=O) groups excluding carboxylic acids is 1. The molecule has 1 atom stereocenters. The summed E-state index contributed by atoms with van der Waals surface area (Å²) in [6.07, 6.45) is 1.56. The first kappa shape index (κ1) is 24.1. The molecule has 0 bridgehead atoms. The number of rotatable bonds is 7. The number of halogens is 3. The van der Waals surface area contributed by atoms with Crippen LogP contribution in [0.25, 0.3) is 6.08 Å². The maximum absolute atomic E-state index is 12.6. The van der Waals surface area contributed by atoms with E-state index in [2.05, 4.69) is 27.9 Å². The lowest BCUT2D eigenvalue weighted by atomic mass is 10.1. The van der Waals surface area contributed by atoms with Crippen LogP contribution in [0.5, 0.6) is 5.75 Å². The van der Waals surface area contributed by atoms with Crippen LogP contribution in [-0.2, 0) is 11.4 Å². The molecule has 3 aromatic rings. The number of ether oxygens (including phenoxy) is 1. The first-order valence-corrected chi connectivity index (χ1v) is 11.5. The minimum absolute atomic E-state index is 0.0326. The second-order valence-corrected chi connectivity index (χ2v) is 9.00. The van der Waals surface area contributed by atoms with E-state index in [-0.39, 0.29) is 11.6 Å². The highest BCUT2D eigenvalue weighted by Crippen LogP contribution is 2.27. The molecule has 0 aliphatic carbocycles. The molecule has 0 saturated carbocycles. The highest BCUT2D eigenvalue weighted by atomic mass is 127. The van der Waals surface area contributed by atoms with Gasteiger partial charge in [-0.1, -0.05) is 65.7 Å². The molecule has 0 unspecified atom stereocenters. The fourth-order valence-corrected chi connectivity index (χ4v) is 4.09. The van der Waals surface area contributed by atoms with E-state index in [4.69, 9.17) is 27.9 Å². The Balaban J connectivity index is 1.69. The minimum atomic E-state index is -0.420. The minimum Gasteiger partial charge on any atom is -0.488 e. The van der Waals surface area contributed by atoms with Crippen LogP contribution < -0.4 is 10.1 Å². The van der Waals surface area contributed by atoms with Gasteiger partial charge in [-0.2, -0.15) is 5.26 Å². The lowest BCUT2D eigenvalue weighted by Gasteiger charge is -2.14. The van der Waals surface area contributed by atoms with Gasteiger partial charge in [-0.05, 0) is 71.0 Å². The van der Waals surface area contributed by atoms with E-state index in [0.29, 0.717) is 22.4 Å². The standard InChI is InChI=1S/C25H19Cl2IN2O2/c1-16(18-5-3-2-4-6-18)30-25(31)20(14-29)11-17-7-10-24(23(28)12-17)32-15-19-8-9-21(26)13-22(19)27/h2-13,16H,15H2,1H3,(H,30,31)/b20-11-/t16-/m1/s1. The van der Waals surface area contributed by atoms with Gasteiger partial charge in [0.25, 0.3) is 5.91 Å². The van der Waals surface area contributed by atoms with Gasteiger partial charge in [0.05, 0.1) is 9.61 Å². The molecule has 162 valence electrons. The summed E-state index contributed by atoms with van der Waals surface area (Å²) in [5.41, 5.74) is 2.55. The molecule has 0 heterocycles. The number of nitrogens with one attached hydrogen (secondary N) is 1. The number of nitriles is 1. The van der Waals surface area contributed by atoms with E-state index in [1.165, 1.54) is 0 Å². The lowest BCUT2D eigenvalue weighted by Crippen LogP contribution is -2.27. The van der Waals surface area contributed by atoms with E-state index in [1.807, 2.05) is 55.5 Å². The van der Waals surface area contributed by atoms with Gasteiger partial charge in [0.15, 0.2) is 0 Å². The van der Waals surface area contributed by atoms with Crippen LogP contribution >= 0.6 is 45.8 Å². The van der Waals surface area contributed by atoms with Crippen molar-refractivity contribution in [3.8, 4) is 11.8 Å². The van der Waals surface area contributed by atoms with Crippen molar-refractivity contribution in [2.45, 2.75) is 19.6 Å². The van der Waals surface area contributed by atoms with Crippen molar-refractivity contribution in [2.75, 3.05) is 0 Å². The van der Waals surface area contributed by atoms with Gasteiger partial charge >= 0.3 is 0 Å². The van der Waals surface area contributed by atoms with E-state index >= 15 is 0 Å². The fourth-order valence-electron chi connectivity index (χ4n) is 2.93. The van der Waals surface area contributed by atoms with Crippen molar-refractivity contribution in [1.82, 2.24) is 5.32 Å². The van der Waals surface area contributed by atoms with Crippen molar-refractivity contribution in [3.63, 3.8) is 0 Å². The predicted octanol–water partition coefficient (Wildman–Crippen LogP) is 6.96. The molecule has 3 rings (SSSR count). The molecule has 7 heteroatoms. The average Bonchev–Trinajstić information content (AvgIpc) is 2.78. The summed E-state index contributed by atoms with van der Waals surface area (Å²) < 4.78 is 6.72. The van der Waals surface area contributed by atoms with Crippen molar-refractivity contribution in [1.29, 1.82) is 5.26 Å². The molecule has 0 saturated heterocycles. The van der Waals surface area contributed by atoms with Gasteiger partial charge in [0.2, 0.25) is 0 Å². The quantitative estimate of drug-likeness (QED) is 0.188. The summed E-state index contributed by atoms with van der Waals surface area (Å²) in [6.45, 7) is 2.18. The van der Waals surface area contributed by atoms with Crippen LogP contribution in [0.1, 0.15) is 29.7 Å². The van der Waals surface area contributed by atoms with Gasteiger partial charge < -0.3 is 10.1 Å². The third-order valence-electron chi connectivity index (χ3n) is 4.68. The van der Waals surface area contributed by atoms with Crippen molar-refractivity contribution in [3.05, 3.63) is 103 Å². The average molecular weight is 577 g/mol. The highest BCUT2D eigenvalue weighted by molar-refractivity contribution is 14.1. The number of hydrogen-bond acceptors (Lipinski definition) is 3. The number of nitrogens with zero attached hydrogens (tertiary/aromatic N) is 1. The molecule has 4 nitrogen and oxygen atoms in total. The Bertz CT molecular complexity index is 1190. The van der Waals surface area contributed by atoms with Crippen LogP contribution in [0.4, 0.5) is 0 Å². The van der Waals surface area contributed by atoms with Gasteiger partial charge in [0.1, 0.15) is 24.0 Å². The maximum atomic E-state index is 12.6. The molecule has 0 radical (unpaired) electrons. The first-order chi connectivity index (χ1) is 15.4. The Morgan fingerprint density at radius 3 is 2.56 bits per heavy atom. The molecule has 3 aromatic carbocycles. The summed E-state index contributed by atoms with van der Waals surface area (Å²) in [5.74, 6) is 0.256. The third-order valence-corrected chi connectivity index (χ3v) is 6.11. The molecular formula is C25H19Cl2IN2O2. The van der Waals surface area contributed by atoms with E-state index in [0.717, 1.165) is 20.3 Å². The smallest absolute Gasteiger partial charge is 0.262 e.